The van der Waals surface area contributed by atoms with Crippen LogP contribution in [0, 0.1) is 11.8 Å². The summed E-state index contributed by atoms with van der Waals surface area (Å²) in [4.78, 5) is 0. The van der Waals surface area contributed by atoms with E-state index in [1.54, 1.807) is 0 Å². The van der Waals surface area contributed by atoms with E-state index in [1.165, 1.54) is 19.4 Å². The van der Waals surface area contributed by atoms with Gasteiger partial charge in [0.2, 0.25) is 0 Å². The number of rotatable bonds is 1. The van der Waals surface area contributed by atoms with E-state index in [0.717, 1.165) is 11.8 Å². The fourth-order valence-electron chi connectivity index (χ4n) is 1.99. The van der Waals surface area contributed by atoms with Crippen molar-refractivity contribution in [2.75, 3.05) is 6.54 Å². The Morgan fingerprint density at radius 3 is 2.36 bits per heavy atom. The summed E-state index contributed by atoms with van der Waals surface area (Å²) in [6.45, 7) is 10.5. The van der Waals surface area contributed by atoms with Gasteiger partial charge < -0.3 is 5.32 Å². The molecule has 0 aromatic heterocycles. The lowest BCUT2D eigenvalue weighted by molar-refractivity contribution is 0.189. The van der Waals surface area contributed by atoms with Crippen LogP contribution < -0.4 is 5.32 Å². The van der Waals surface area contributed by atoms with Crippen LogP contribution in [0.15, 0.2) is 0 Å². The van der Waals surface area contributed by atoms with Crippen LogP contribution in [0.5, 0.6) is 0 Å². The van der Waals surface area contributed by atoms with Crippen molar-refractivity contribution in [1.82, 2.24) is 5.32 Å². The Balaban J connectivity index is 2.46. The maximum Gasteiger partial charge on any atom is 0.0127 e. The minimum Gasteiger partial charge on any atom is -0.312 e. The third-order valence-electron chi connectivity index (χ3n) is 2.83. The molecule has 0 saturated carbocycles. The van der Waals surface area contributed by atoms with E-state index in [1.807, 2.05) is 0 Å². The Hall–Kier alpha value is -0.0400. The summed E-state index contributed by atoms with van der Waals surface area (Å²) in [5, 5.41) is 3.54. The van der Waals surface area contributed by atoms with Gasteiger partial charge in [-0.25, -0.2) is 0 Å². The number of nitrogens with one attached hydrogen (secondary N) is 1. The maximum atomic E-state index is 3.54. The number of hydrogen-bond acceptors (Lipinski definition) is 1. The zero-order valence-corrected chi connectivity index (χ0v) is 8.28. The standard InChI is InChI=1S/C10H21N/c1-8(2)9-5-6-11-10(3,4)7-9/h8-9,11H,5-7H2,1-4H3/t9-/m0/s1. The van der Waals surface area contributed by atoms with E-state index in [9.17, 15) is 0 Å². The second-order valence-corrected chi connectivity index (χ2v) is 4.81. The molecule has 11 heavy (non-hydrogen) atoms. The van der Waals surface area contributed by atoms with Gasteiger partial charge >= 0.3 is 0 Å². The minimum absolute atomic E-state index is 0.382. The molecule has 1 saturated heterocycles. The van der Waals surface area contributed by atoms with E-state index in [4.69, 9.17) is 0 Å². The van der Waals surface area contributed by atoms with Crippen molar-refractivity contribution in [3.8, 4) is 0 Å². The Kier molecular flexibility index (Phi) is 2.58. The second kappa shape index (κ2) is 3.14. The normalized spacial score (nSPS) is 30.8. The highest BCUT2D eigenvalue weighted by Crippen LogP contribution is 2.29. The molecule has 0 radical (unpaired) electrons. The first-order valence-electron chi connectivity index (χ1n) is 4.76. The monoisotopic (exact) mass is 155 g/mol. The van der Waals surface area contributed by atoms with Gasteiger partial charge in [0, 0.05) is 5.54 Å². The molecule has 66 valence electrons. The van der Waals surface area contributed by atoms with Gasteiger partial charge in [-0.2, -0.15) is 0 Å². The van der Waals surface area contributed by atoms with Crippen molar-refractivity contribution < 1.29 is 0 Å². The average Bonchev–Trinajstić information content (AvgIpc) is 1.85. The zero-order chi connectivity index (χ0) is 8.48. The van der Waals surface area contributed by atoms with Crippen LogP contribution in [0.4, 0.5) is 0 Å². The molecular weight excluding hydrogens is 134 g/mol. The van der Waals surface area contributed by atoms with Crippen molar-refractivity contribution in [3.63, 3.8) is 0 Å². The lowest BCUT2D eigenvalue weighted by Gasteiger charge is -2.38. The van der Waals surface area contributed by atoms with Gasteiger partial charge in [-0.05, 0) is 45.1 Å². The van der Waals surface area contributed by atoms with E-state index in [2.05, 4.69) is 33.0 Å². The first-order chi connectivity index (χ1) is 5.01. The molecule has 0 bridgehead atoms. The van der Waals surface area contributed by atoms with Gasteiger partial charge in [-0.3, -0.25) is 0 Å². The number of hydrogen-bond donors (Lipinski definition) is 1. The Morgan fingerprint density at radius 2 is 2.00 bits per heavy atom. The molecule has 1 N–H and O–H groups in total. The molecule has 0 spiro atoms. The molecule has 0 unspecified atom stereocenters. The van der Waals surface area contributed by atoms with Crippen molar-refractivity contribution in [1.29, 1.82) is 0 Å². The third-order valence-corrected chi connectivity index (χ3v) is 2.83. The SMILES string of the molecule is CC(C)[C@H]1CCNC(C)(C)C1. The smallest absolute Gasteiger partial charge is 0.0127 e. The molecule has 1 fully saturated rings. The first-order valence-corrected chi connectivity index (χ1v) is 4.76. The Bertz CT molecular complexity index is 127. The van der Waals surface area contributed by atoms with E-state index >= 15 is 0 Å². The molecule has 1 atom stereocenters. The Morgan fingerprint density at radius 1 is 1.36 bits per heavy atom. The molecule has 1 heteroatoms. The fraction of sp³-hybridized carbons (Fsp3) is 1.00. The van der Waals surface area contributed by atoms with Crippen molar-refractivity contribution >= 4 is 0 Å². The highest BCUT2D eigenvalue weighted by atomic mass is 15.0. The van der Waals surface area contributed by atoms with Gasteiger partial charge in [0.15, 0.2) is 0 Å². The van der Waals surface area contributed by atoms with E-state index in [-0.39, 0.29) is 0 Å². The summed E-state index contributed by atoms with van der Waals surface area (Å²) in [5.41, 5.74) is 0.382. The molecule has 1 aliphatic heterocycles. The summed E-state index contributed by atoms with van der Waals surface area (Å²) in [5.74, 6) is 1.79. The lowest BCUT2D eigenvalue weighted by Crippen LogP contribution is -2.47. The largest absolute Gasteiger partial charge is 0.312 e. The summed E-state index contributed by atoms with van der Waals surface area (Å²) in [6, 6.07) is 0. The molecule has 0 aromatic carbocycles. The van der Waals surface area contributed by atoms with Crippen molar-refractivity contribution in [3.05, 3.63) is 0 Å². The highest BCUT2D eigenvalue weighted by Gasteiger charge is 2.28. The minimum atomic E-state index is 0.382. The zero-order valence-electron chi connectivity index (χ0n) is 8.28. The van der Waals surface area contributed by atoms with Crippen molar-refractivity contribution in [2.45, 2.75) is 46.1 Å². The van der Waals surface area contributed by atoms with Crippen molar-refractivity contribution in [2.24, 2.45) is 11.8 Å². The van der Waals surface area contributed by atoms with Gasteiger partial charge in [-0.15, -0.1) is 0 Å². The first kappa shape index (κ1) is 9.05. The molecule has 0 aliphatic carbocycles. The topological polar surface area (TPSA) is 12.0 Å². The summed E-state index contributed by atoms with van der Waals surface area (Å²) in [7, 11) is 0. The number of piperidine rings is 1. The molecule has 1 nitrogen and oxygen atoms in total. The van der Waals surface area contributed by atoms with E-state index in [0.29, 0.717) is 5.54 Å². The van der Waals surface area contributed by atoms with Crippen LogP contribution >= 0.6 is 0 Å². The molecular formula is C10H21N. The summed E-state index contributed by atoms with van der Waals surface area (Å²) in [6.07, 6.45) is 2.70. The van der Waals surface area contributed by atoms with Crippen LogP contribution in [0.1, 0.15) is 40.5 Å². The predicted molar refractivity (Wildman–Crippen MR) is 49.6 cm³/mol. The molecule has 1 rings (SSSR count). The molecule has 1 heterocycles. The van der Waals surface area contributed by atoms with Gasteiger partial charge in [0.1, 0.15) is 0 Å². The summed E-state index contributed by atoms with van der Waals surface area (Å²) < 4.78 is 0. The molecule has 0 amide bonds. The van der Waals surface area contributed by atoms with E-state index < -0.39 is 0 Å². The summed E-state index contributed by atoms with van der Waals surface area (Å²) >= 11 is 0. The van der Waals surface area contributed by atoms with Crippen LogP contribution in [0.25, 0.3) is 0 Å². The van der Waals surface area contributed by atoms with Gasteiger partial charge in [0.05, 0.1) is 0 Å². The Labute approximate surface area is 70.6 Å². The fourth-order valence-corrected chi connectivity index (χ4v) is 1.99. The molecule has 0 aromatic rings. The van der Waals surface area contributed by atoms with Crippen LogP contribution in [0.2, 0.25) is 0 Å². The molecule has 1 aliphatic rings. The van der Waals surface area contributed by atoms with Gasteiger partial charge in [-0.1, -0.05) is 13.8 Å². The van der Waals surface area contributed by atoms with Crippen LogP contribution in [0.3, 0.4) is 0 Å². The van der Waals surface area contributed by atoms with Crippen LogP contribution in [-0.4, -0.2) is 12.1 Å². The quantitative estimate of drug-likeness (QED) is 0.613. The highest BCUT2D eigenvalue weighted by molar-refractivity contribution is 4.86. The predicted octanol–water partition coefficient (Wildman–Crippen LogP) is 2.42. The lowest BCUT2D eigenvalue weighted by atomic mass is 9.79. The average molecular weight is 155 g/mol. The third kappa shape index (κ3) is 2.48. The van der Waals surface area contributed by atoms with Gasteiger partial charge in [0.25, 0.3) is 0 Å². The maximum absolute atomic E-state index is 3.54. The second-order valence-electron chi connectivity index (χ2n) is 4.81. The van der Waals surface area contributed by atoms with Crippen LogP contribution in [-0.2, 0) is 0 Å².